The maximum Gasteiger partial charge on any atom is 0.222 e. The van der Waals surface area contributed by atoms with Gasteiger partial charge in [-0.3, -0.25) is 9.59 Å². The number of hydrogen-bond acceptors (Lipinski definition) is 8. The molecule has 0 aliphatic rings. The van der Waals surface area contributed by atoms with Gasteiger partial charge in [0, 0.05) is 42.8 Å². The number of phenols is 1. The van der Waals surface area contributed by atoms with Gasteiger partial charge in [0.1, 0.15) is 5.75 Å². The fourth-order valence-corrected chi connectivity index (χ4v) is 3.51. The number of carbonyl (C=O) groups excluding carboxylic acids is 2. The van der Waals surface area contributed by atoms with E-state index in [0.717, 1.165) is 0 Å². The number of ether oxygens (including phenoxy) is 4. The molecular formula is C25H29NO7. The van der Waals surface area contributed by atoms with Crippen LogP contribution in [0.1, 0.15) is 48.4 Å². The number of aromatic hydroxyl groups is 1. The number of pyridine rings is 1. The number of phenolic OH excluding ortho intramolecular Hbond substituents is 1. The Morgan fingerprint density at radius 2 is 1.33 bits per heavy atom. The third-order valence-corrected chi connectivity index (χ3v) is 5.01. The molecule has 0 saturated heterocycles. The summed E-state index contributed by atoms with van der Waals surface area (Å²) in [5, 5.41) is 11.9. The number of rotatable bonds is 12. The molecule has 0 spiro atoms. The summed E-state index contributed by atoms with van der Waals surface area (Å²) in [5.74, 6) is -0.988. The summed E-state index contributed by atoms with van der Waals surface area (Å²) in [5.41, 5.74) is 1.63. The first-order valence-electron chi connectivity index (χ1n) is 11.1. The van der Waals surface area contributed by atoms with E-state index in [1.54, 1.807) is 58.0 Å². The lowest BCUT2D eigenvalue weighted by Crippen LogP contribution is -2.28. The van der Waals surface area contributed by atoms with Gasteiger partial charge in [0.2, 0.25) is 24.1 Å². The highest BCUT2D eigenvalue weighted by molar-refractivity contribution is 6.08. The van der Waals surface area contributed by atoms with Crippen LogP contribution in [0.15, 0.2) is 36.4 Å². The van der Waals surface area contributed by atoms with Crippen molar-refractivity contribution in [3.05, 3.63) is 47.5 Å². The predicted molar refractivity (Wildman–Crippen MR) is 124 cm³/mol. The second-order valence-corrected chi connectivity index (χ2v) is 7.14. The Morgan fingerprint density at radius 3 is 1.91 bits per heavy atom. The zero-order valence-corrected chi connectivity index (χ0v) is 19.3. The highest BCUT2D eigenvalue weighted by atomic mass is 16.7. The van der Waals surface area contributed by atoms with Gasteiger partial charge in [0.15, 0.2) is 0 Å². The maximum atomic E-state index is 12.9. The second-order valence-electron chi connectivity index (χ2n) is 7.14. The van der Waals surface area contributed by atoms with Gasteiger partial charge in [-0.25, -0.2) is 4.98 Å². The van der Waals surface area contributed by atoms with Crippen LogP contribution in [-0.2, 0) is 18.9 Å². The molecule has 0 bridgehead atoms. The van der Waals surface area contributed by atoms with Gasteiger partial charge in [0.05, 0.1) is 16.6 Å². The molecule has 2 aromatic carbocycles. The first-order chi connectivity index (χ1) is 15.9. The maximum absolute atomic E-state index is 12.9. The third kappa shape index (κ3) is 5.36. The molecule has 0 aliphatic carbocycles. The molecule has 3 rings (SSSR count). The van der Waals surface area contributed by atoms with Gasteiger partial charge in [-0.15, -0.1) is 0 Å². The van der Waals surface area contributed by atoms with Crippen LogP contribution >= 0.6 is 0 Å². The molecule has 1 heterocycles. The zero-order chi connectivity index (χ0) is 24.0. The second kappa shape index (κ2) is 11.3. The van der Waals surface area contributed by atoms with Gasteiger partial charge < -0.3 is 24.1 Å². The fraction of sp³-hybridized carbons (Fsp3) is 0.400. The van der Waals surface area contributed by atoms with Crippen LogP contribution in [0.25, 0.3) is 21.8 Å². The molecule has 0 fully saturated rings. The van der Waals surface area contributed by atoms with Crippen LogP contribution in [0.3, 0.4) is 0 Å². The van der Waals surface area contributed by atoms with Crippen molar-refractivity contribution in [2.45, 2.75) is 40.3 Å². The lowest BCUT2D eigenvalue weighted by molar-refractivity contribution is -0.107. The Bertz CT molecular complexity index is 1130. The molecule has 8 nitrogen and oxygen atoms in total. The molecule has 176 valence electrons. The molecule has 33 heavy (non-hydrogen) atoms. The molecule has 0 saturated carbocycles. The minimum Gasteiger partial charge on any atom is -0.506 e. The van der Waals surface area contributed by atoms with E-state index < -0.39 is 18.4 Å². The smallest absolute Gasteiger partial charge is 0.222 e. The van der Waals surface area contributed by atoms with Crippen LogP contribution in [-0.4, -0.2) is 60.7 Å². The highest BCUT2D eigenvalue weighted by Crippen LogP contribution is 2.32. The summed E-state index contributed by atoms with van der Waals surface area (Å²) in [6, 6.07) is 9.94. The van der Waals surface area contributed by atoms with Crippen molar-refractivity contribution in [1.82, 2.24) is 4.98 Å². The SMILES string of the molecule is CCOC(OCC)C(=O)c1ccc2nc3ccc(C(=O)C(OCC)OCC)c(O)c3cc2c1. The van der Waals surface area contributed by atoms with Crippen LogP contribution < -0.4 is 0 Å². The topological polar surface area (TPSA) is 104 Å². The summed E-state index contributed by atoms with van der Waals surface area (Å²) < 4.78 is 21.6. The number of Topliss-reactive ketones (excluding diaryl/α,β-unsaturated/α-hetero) is 2. The Kier molecular flexibility index (Phi) is 8.46. The third-order valence-electron chi connectivity index (χ3n) is 5.01. The number of ketones is 2. The first kappa shape index (κ1) is 24.7. The Hall–Kier alpha value is -2.91. The summed E-state index contributed by atoms with van der Waals surface area (Å²) in [7, 11) is 0. The number of aromatic nitrogens is 1. The molecule has 0 atom stereocenters. The first-order valence-corrected chi connectivity index (χ1v) is 11.1. The van der Waals surface area contributed by atoms with Crippen molar-refractivity contribution in [1.29, 1.82) is 0 Å². The molecule has 0 aliphatic heterocycles. The summed E-state index contributed by atoms with van der Waals surface area (Å²) in [6.07, 6.45) is -2.09. The van der Waals surface area contributed by atoms with Gasteiger partial charge >= 0.3 is 0 Å². The molecule has 1 N–H and O–H groups in total. The van der Waals surface area contributed by atoms with Crippen molar-refractivity contribution in [2.24, 2.45) is 0 Å². The highest BCUT2D eigenvalue weighted by Gasteiger charge is 2.25. The van der Waals surface area contributed by atoms with E-state index in [1.807, 2.05) is 0 Å². The van der Waals surface area contributed by atoms with E-state index in [1.165, 1.54) is 6.07 Å². The minimum absolute atomic E-state index is 0.0792. The average Bonchev–Trinajstić information content (AvgIpc) is 2.82. The summed E-state index contributed by atoms with van der Waals surface area (Å²) >= 11 is 0. The van der Waals surface area contributed by atoms with Crippen molar-refractivity contribution in [3.8, 4) is 5.75 Å². The van der Waals surface area contributed by atoms with Gasteiger partial charge in [0.25, 0.3) is 0 Å². The Balaban J connectivity index is 2.04. The lowest BCUT2D eigenvalue weighted by atomic mass is 10.0. The average molecular weight is 456 g/mol. The van der Waals surface area contributed by atoms with Crippen LogP contribution in [0.5, 0.6) is 5.75 Å². The predicted octanol–water partition coefficient (Wildman–Crippen LogP) is 4.26. The number of hydrogen-bond donors (Lipinski definition) is 1. The van der Waals surface area contributed by atoms with Crippen molar-refractivity contribution >= 4 is 33.4 Å². The lowest BCUT2D eigenvalue weighted by Gasteiger charge is -2.17. The standard InChI is InChI=1S/C25H29NO7/c1-5-30-24(31-6-2)21(27)15-9-11-19-16(13-15)14-18-20(26-19)12-10-17(22(18)28)23(29)25(32-7-3)33-8-4/h9-14,24-25,28H,5-8H2,1-4H3. The molecule has 0 radical (unpaired) electrons. The molecule has 0 unspecified atom stereocenters. The number of benzene rings is 2. The Morgan fingerprint density at radius 1 is 0.788 bits per heavy atom. The molecule has 8 heteroatoms. The summed E-state index contributed by atoms with van der Waals surface area (Å²) in [4.78, 5) is 30.3. The quantitative estimate of drug-likeness (QED) is 0.245. The van der Waals surface area contributed by atoms with Crippen LogP contribution in [0.2, 0.25) is 0 Å². The van der Waals surface area contributed by atoms with E-state index in [9.17, 15) is 14.7 Å². The fourth-order valence-electron chi connectivity index (χ4n) is 3.51. The van der Waals surface area contributed by atoms with Gasteiger partial charge in [-0.2, -0.15) is 0 Å². The van der Waals surface area contributed by atoms with E-state index in [-0.39, 0.29) is 30.3 Å². The summed E-state index contributed by atoms with van der Waals surface area (Å²) in [6.45, 7) is 8.36. The molecule has 0 amide bonds. The number of nitrogens with zero attached hydrogens (tertiary/aromatic N) is 1. The van der Waals surface area contributed by atoms with Crippen molar-refractivity contribution in [3.63, 3.8) is 0 Å². The Labute approximate surface area is 192 Å². The van der Waals surface area contributed by atoms with Gasteiger partial charge in [-0.1, -0.05) is 0 Å². The largest absolute Gasteiger partial charge is 0.506 e. The van der Waals surface area contributed by atoms with E-state index in [0.29, 0.717) is 40.6 Å². The number of fused-ring (bicyclic) bond motifs is 2. The molecular weight excluding hydrogens is 426 g/mol. The van der Waals surface area contributed by atoms with E-state index in [4.69, 9.17) is 18.9 Å². The minimum atomic E-state index is -1.10. The van der Waals surface area contributed by atoms with Gasteiger partial charge in [-0.05, 0) is 64.1 Å². The van der Waals surface area contributed by atoms with Crippen molar-refractivity contribution < 1.29 is 33.6 Å². The van der Waals surface area contributed by atoms with Crippen LogP contribution in [0, 0.1) is 0 Å². The number of carbonyl (C=O) groups is 2. The zero-order valence-electron chi connectivity index (χ0n) is 19.3. The van der Waals surface area contributed by atoms with E-state index in [2.05, 4.69) is 4.98 Å². The normalized spacial score (nSPS) is 11.7. The molecule has 1 aromatic heterocycles. The van der Waals surface area contributed by atoms with Crippen molar-refractivity contribution in [2.75, 3.05) is 26.4 Å². The monoisotopic (exact) mass is 455 g/mol. The van der Waals surface area contributed by atoms with Crippen LogP contribution in [0.4, 0.5) is 0 Å². The van der Waals surface area contributed by atoms with E-state index >= 15 is 0 Å². The molecule has 3 aromatic rings.